The molecule has 2 fully saturated rings. The minimum absolute atomic E-state index is 0.0192. The SMILES string of the molecule is CN1[C@H]2CC[C@H]1CC(NC(=O)N1c3ccccc3CCc3ccccc31)C2. The fraction of sp³-hybridized carbons (Fsp3) is 0.435. The molecule has 3 aliphatic heterocycles. The Morgan fingerprint density at radius 1 is 0.889 bits per heavy atom. The number of aryl methyl sites for hydroxylation is 2. The molecule has 2 bridgehead atoms. The summed E-state index contributed by atoms with van der Waals surface area (Å²) in [5.41, 5.74) is 4.53. The van der Waals surface area contributed by atoms with E-state index >= 15 is 0 Å². The molecule has 0 spiro atoms. The van der Waals surface area contributed by atoms with Crippen LogP contribution in [-0.4, -0.2) is 36.1 Å². The Morgan fingerprint density at radius 3 is 1.96 bits per heavy atom. The van der Waals surface area contributed by atoms with Gasteiger partial charge in [0.2, 0.25) is 0 Å². The number of hydrogen-bond donors (Lipinski definition) is 1. The Kier molecular flexibility index (Phi) is 4.16. The zero-order chi connectivity index (χ0) is 18.4. The summed E-state index contributed by atoms with van der Waals surface area (Å²) in [5.74, 6) is 0. The van der Waals surface area contributed by atoms with Crippen LogP contribution >= 0.6 is 0 Å². The van der Waals surface area contributed by atoms with E-state index in [0.29, 0.717) is 12.1 Å². The number of carbonyl (C=O) groups excluding carboxylic acids is 1. The van der Waals surface area contributed by atoms with Crippen LogP contribution in [0.4, 0.5) is 16.2 Å². The van der Waals surface area contributed by atoms with E-state index in [-0.39, 0.29) is 12.1 Å². The number of fused-ring (bicyclic) bond motifs is 4. The van der Waals surface area contributed by atoms with E-state index < -0.39 is 0 Å². The van der Waals surface area contributed by atoms with Crippen molar-refractivity contribution in [3.8, 4) is 0 Å². The van der Waals surface area contributed by atoms with Crippen molar-refractivity contribution in [1.29, 1.82) is 0 Å². The molecule has 0 aromatic heterocycles. The van der Waals surface area contributed by atoms with Gasteiger partial charge in [-0.3, -0.25) is 4.90 Å². The number of nitrogens with one attached hydrogen (secondary N) is 1. The maximum atomic E-state index is 13.5. The lowest BCUT2D eigenvalue weighted by molar-refractivity contribution is 0.150. The minimum atomic E-state index is 0.0192. The van der Waals surface area contributed by atoms with Crippen LogP contribution in [0.5, 0.6) is 0 Å². The number of amides is 2. The summed E-state index contributed by atoms with van der Waals surface area (Å²) in [4.78, 5) is 17.9. The first kappa shape index (κ1) is 16.8. The molecule has 0 aliphatic carbocycles. The highest BCUT2D eigenvalue weighted by atomic mass is 16.2. The molecule has 4 heteroatoms. The molecule has 2 aromatic carbocycles. The second kappa shape index (κ2) is 6.68. The second-order valence-electron chi connectivity index (χ2n) is 8.26. The first-order chi connectivity index (χ1) is 13.2. The maximum Gasteiger partial charge on any atom is 0.326 e. The Balaban J connectivity index is 1.46. The lowest BCUT2D eigenvalue weighted by atomic mass is 9.98. The molecule has 2 atom stereocenters. The summed E-state index contributed by atoms with van der Waals surface area (Å²) in [6.07, 6.45) is 6.60. The summed E-state index contributed by atoms with van der Waals surface area (Å²) in [6.45, 7) is 0. The highest BCUT2D eigenvalue weighted by molar-refractivity contribution is 6.01. The molecule has 5 rings (SSSR count). The van der Waals surface area contributed by atoms with Crippen LogP contribution in [0.1, 0.15) is 36.8 Å². The van der Waals surface area contributed by atoms with Crippen LogP contribution in [0, 0.1) is 0 Å². The van der Waals surface area contributed by atoms with Crippen LogP contribution < -0.4 is 10.2 Å². The molecule has 0 radical (unpaired) electrons. The van der Waals surface area contributed by atoms with Gasteiger partial charge in [0, 0.05) is 18.1 Å². The van der Waals surface area contributed by atoms with E-state index in [2.05, 4.69) is 53.7 Å². The van der Waals surface area contributed by atoms with Crippen molar-refractivity contribution >= 4 is 17.4 Å². The van der Waals surface area contributed by atoms with Crippen LogP contribution in [0.2, 0.25) is 0 Å². The van der Waals surface area contributed by atoms with Crippen LogP contribution in [0.25, 0.3) is 0 Å². The van der Waals surface area contributed by atoms with E-state index in [1.807, 2.05) is 17.0 Å². The molecule has 2 amide bonds. The van der Waals surface area contributed by atoms with Crippen LogP contribution in [0.15, 0.2) is 48.5 Å². The van der Waals surface area contributed by atoms with Crippen molar-refractivity contribution in [2.45, 2.75) is 56.7 Å². The molecule has 2 saturated heterocycles. The Labute approximate surface area is 161 Å². The monoisotopic (exact) mass is 361 g/mol. The molecule has 140 valence electrons. The molecule has 4 nitrogen and oxygen atoms in total. The highest BCUT2D eigenvalue weighted by Crippen LogP contribution is 2.37. The number of para-hydroxylation sites is 2. The van der Waals surface area contributed by atoms with E-state index in [1.54, 1.807) is 0 Å². The van der Waals surface area contributed by atoms with E-state index in [1.165, 1.54) is 24.0 Å². The molecule has 27 heavy (non-hydrogen) atoms. The van der Waals surface area contributed by atoms with Crippen molar-refractivity contribution in [3.63, 3.8) is 0 Å². The van der Waals surface area contributed by atoms with Gasteiger partial charge in [-0.2, -0.15) is 0 Å². The van der Waals surface area contributed by atoms with Gasteiger partial charge in [-0.05, 0) is 68.8 Å². The molecule has 2 aromatic rings. The van der Waals surface area contributed by atoms with Crippen molar-refractivity contribution in [1.82, 2.24) is 10.2 Å². The summed E-state index contributed by atoms with van der Waals surface area (Å²) in [7, 11) is 2.24. The van der Waals surface area contributed by atoms with E-state index in [0.717, 1.165) is 37.1 Å². The lowest BCUT2D eigenvalue weighted by Crippen LogP contribution is -2.51. The third-order valence-electron chi connectivity index (χ3n) is 6.76. The summed E-state index contributed by atoms with van der Waals surface area (Å²) in [5, 5.41) is 3.38. The number of anilines is 2. The summed E-state index contributed by atoms with van der Waals surface area (Å²) in [6, 6.07) is 18.2. The van der Waals surface area contributed by atoms with Gasteiger partial charge in [0.05, 0.1) is 11.4 Å². The Morgan fingerprint density at radius 2 is 1.41 bits per heavy atom. The van der Waals surface area contributed by atoms with E-state index in [4.69, 9.17) is 0 Å². The zero-order valence-electron chi connectivity index (χ0n) is 15.9. The fourth-order valence-corrected chi connectivity index (χ4v) is 5.27. The van der Waals surface area contributed by atoms with E-state index in [9.17, 15) is 4.79 Å². The van der Waals surface area contributed by atoms with Crippen molar-refractivity contribution in [3.05, 3.63) is 59.7 Å². The topological polar surface area (TPSA) is 35.6 Å². The quantitative estimate of drug-likeness (QED) is 0.824. The molecular weight excluding hydrogens is 334 g/mol. The van der Waals surface area contributed by atoms with Gasteiger partial charge in [0.1, 0.15) is 0 Å². The molecule has 3 aliphatic rings. The normalized spacial score (nSPS) is 26.9. The van der Waals surface area contributed by atoms with Crippen molar-refractivity contribution in [2.24, 2.45) is 0 Å². The highest BCUT2D eigenvalue weighted by Gasteiger charge is 2.39. The molecular formula is C23H27N3O. The van der Waals surface area contributed by atoms with Crippen molar-refractivity contribution in [2.75, 3.05) is 11.9 Å². The predicted molar refractivity (Wildman–Crippen MR) is 109 cm³/mol. The number of rotatable bonds is 1. The number of piperidine rings is 1. The minimum Gasteiger partial charge on any atom is -0.335 e. The van der Waals surface area contributed by atoms with Gasteiger partial charge in [-0.15, -0.1) is 0 Å². The molecule has 3 heterocycles. The zero-order valence-corrected chi connectivity index (χ0v) is 15.9. The van der Waals surface area contributed by atoms with Gasteiger partial charge in [0.25, 0.3) is 0 Å². The average Bonchev–Trinajstić information content (AvgIpc) is 2.87. The summed E-state index contributed by atoms with van der Waals surface area (Å²) < 4.78 is 0. The average molecular weight is 361 g/mol. The lowest BCUT2D eigenvalue weighted by Gasteiger charge is -2.37. The van der Waals surface area contributed by atoms with Gasteiger partial charge in [-0.1, -0.05) is 36.4 Å². The number of nitrogens with zero attached hydrogens (tertiary/aromatic N) is 2. The maximum absolute atomic E-state index is 13.5. The Bertz CT molecular complexity index is 803. The van der Waals surface area contributed by atoms with Crippen molar-refractivity contribution < 1.29 is 4.79 Å². The molecule has 0 unspecified atom stereocenters. The standard InChI is InChI=1S/C23H27N3O/c1-25-19-12-13-20(25)15-18(14-19)24-23(27)26-21-8-4-2-6-16(21)10-11-17-7-3-5-9-22(17)26/h2-9,18-20H,10-15H2,1H3,(H,24,27)/t19-,20-/m0/s1. The second-order valence-corrected chi connectivity index (χ2v) is 8.26. The molecule has 1 N–H and O–H groups in total. The number of benzene rings is 2. The predicted octanol–water partition coefficient (Wildman–Crippen LogP) is 4.26. The van der Waals surface area contributed by atoms with Gasteiger partial charge in [0.15, 0.2) is 0 Å². The molecule has 0 saturated carbocycles. The third-order valence-corrected chi connectivity index (χ3v) is 6.76. The fourth-order valence-electron chi connectivity index (χ4n) is 5.27. The van der Waals surface area contributed by atoms with Gasteiger partial charge >= 0.3 is 6.03 Å². The smallest absolute Gasteiger partial charge is 0.326 e. The van der Waals surface area contributed by atoms with Gasteiger partial charge in [-0.25, -0.2) is 4.79 Å². The number of urea groups is 1. The number of hydrogen-bond acceptors (Lipinski definition) is 2. The first-order valence-electron chi connectivity index (χ1n) is 10.2. The third kappa shape index (κ3) is 2.92. The van der Waals surface area contributed by atoms with Crippen LogP contribution in [0.3, 0.4) is 0 Å². The Hall–Kier alpha value is -2.33. The largest absolute Gasteiger partial charge is 0.335 e. The summed E-state index contributed by atoms with van der Waals surface area (Å²) >= 11 is 0. The van der Waals surface area contributed by atoms with Gasteiger partial charge < -0.3 is 10.2 Å². The first-order valence-corrected chi connectivity index (χ1v) is 10.2. The van der Waals surface area contributed by atoms with Crippen LogP contribution in [-0.2, 0) is 12.8 Å². The number of carbonyl (C=O) groups is 1.